The maximum atomic E-state index is 11.9. The van der Waals surface area contributed by atoms with E-state index in [9.17, 15) is 9.90 Å². The molecule has 0 radical (unpaired) electrons. The molecule has 0 saturated carbocycles. The van der Waals surface area contributed by atoms with Crippen LogP contribution >= 0.6 is 31.9 Å². The molecule has 0 spiro atoms. The largest absolute Gasteiger partial charge is 0.506 e. The number of rotatable bonds is 5. The van der Waals surface area contributed by atoms with Crippen molar-refractivity contribution in [2.75, 3.05) is 6.61 Å². The average molecular weight is 498 g/mol. The van der Waals surface area contributed by atoms with E-state index in [1.807, 2.05) is 19.1 Å². The van der Waals surface area contributed by atoms with Crippen molar-refractivity contribution in [1.82, 2.24) is 5.43 Å². The van der Waals surface area contributed by atoms with E-state index in [2.05, 4.69) is 69.2 Å². The molecule has 2 N–H and O–H groups in total. The second-order valence-electron chi connectivity index (χ2n) is 7.14. The van der Waals surface area contributed by atoms with Gasteiger partial charge in [-0.15, -0.1) is 0 Å². The summed E-state index contributed by atoms with van der Waals surface area (Å²) in [6.45, 7) is 8.25. The van der Waals surface area contributed by atoms with Crippen LogP contribution in [0.5, 0.6) is 11.5 Å². The fourth-order valence-electron chi connectivity index (χ4n) is 2.31. The molecule has 2 rings (SSSR count). The number of benzene rings is 2. The minimum atomic E-state index is -0.390. The third-order valence-electron chi connectivity index (χ3n) is 3.85. The van der Waals surface area contributed by atoms with Crippen molar-refractivity contribution in [1.29, 1.82) is 0 Å². The fourth-order valence-corrected chi connectivity index (χ4v) is 3.57. The van der Waals surface area contributed by atoms with Crippen molar-refractivity contribution < 1.29 is 14.6 Å². The maximum absolute atomic E-state index is 11.9. The predicted molar refractivity (Wildman–Crippen MR) is 115 cm³/mol. The highest BCUT2D eigenvalue weighted by atomic mass is 79.9. The van der Waals surface area contributed by atoms with Gasteiger partial charge >= 0.3 is 0 Å². The Bertz CT molecular complexity index is 874. The first kappa shape index (κ1) is 21.4. The summed E-state index contributed by atoms with van der Waals surface area (Å²) in [7, 11) is 0. The molecular formula is C20H22Br2N2O3. The topological polar surface area (TPSA) is 70.9 Å². The van der Waals surface area contributed by atoms with Crippen LogP contribution in [0.15, 0.2) is 44.4 Å². The highest BCUT2D eigenvalue weighted by Crippen LogP contribution is 2.30. The molecule has 2 aromatic rings. The van der Waals surface area contributed by atoms with E-state index in [1.54, 1.807) is 12.1 Å². The Hall–Kier alpha value is -1.86. The molecule has 0 fully saturated rings. The molecule has 27 heavy (non-hydrogen) atoms. The molecule has 0 atom stereocenters. The van der Waals surface area contributed by atoms with Crippen LogP contribution in [0.2, 0.25) is 0 Å². The molecule has 7 heteroatoms. The van der Waals surface area contributed by atoms with Crippen LogP contribution in [0, 0.1) is 6.92 Å². The minimum Gasteiger partial charge on any atom is -0.506 e. The lowest BCUT2D eigenvalue weighted by Crippen LogP contribution is -2.24. The number of carbonyl (C=O) groups excluding carboxylic acids is 1. The summed E-state index contributed by atoms with van der Waals surface area (Å²) < 4.78 is 6.89. The third kappa shape index (κ3) is 6.07. The molecule has 1 amide bonds. The van der Waals surface area contributed by atoms with Gasteiger partial charge in [-0.1, -0.05) is 48.8 Å². The monoisotopic (exact) mass is 496 g/mol. The Morgan fingerprint density at radius 1 is 1.26 bits per heavy atom. The lowest BCUT2D eigenvalue weighted by molar-refractivity contribution is -0.123. The number of nitrogens with zero attached hydrogens (tertiary/aromatic N) is 1. The first-order chi connectivity index (χ1) is 12.6. The lowest BCUT2D eigenvalue weighted by atomic mass is 9.86. The van der Waals surface area contributed by atoms with Crippen LogP contribution in [0.25, 0.3) is 0 Å². The van der Waals surface area contributed by atoms with Gasteiger partial charge < -0.3 is 9.84 Å². The molecule has 5 nitrogen and oxygen atoms in total. The summed E-state index contributed by atoms with van der Waals surface area (Å²) in [5.74, 6) is 0.316. The van der Waals surface area contributed by atoms with Gasteiger partial charge in [0.25, 0.3) is 5.91 Å². The Morgan fingerprint density at radius 3 is 2.59 bits per heavy atom. The molecule has 2 aromatic carbocycles. The number of amides is 1. The van der Waals surface area contributed by atoms with Crippen molar-refractivity contribution in [2.45, 2.75) is 33.1 Å². The first-order valence-corrected chi connectivity index (χ1v) is 9.90. The van der Waals surface area contributed by atoms with Crippen LogP contribution in [-0.4, -0.2) is 23.8 Å². The summed E-state index contributed by atoms with van der Waals surface area (Å²) in [6.07, 6.45) is 1.37. The molecule has 0 heterocycles. The third-order valence-corrected chi connectivity index (χ3v) is 4.91. The van der Waals surface area contributed by atoms with E-state index in [0.29, 0.717) is 15.8 Å². The van der Waals surface area contributed by atoms with E-state index in [4.69, 9.17) is 4.74 Å². The number of phenolic OH excluding ortho intramolecular Hbond substituents is 1. The standard InChI is InChI=1S/C20H22Br2N2O3/c1-12-7-14(20(2,3)4)5-6-17(12)27-11-18(25)24-23-10-13-8-15(21)9-16(22)19(13)26/h5-10,26H,11H2,1-4H3,(H,24,25)/b23-10+. The smallest absolute Gasteiger partial charge is 0.277 e. The number of nitrogens with one attached hydrogen (secondary N) is 1. The van der Waals surface area contributed by atoms with E-state index >= 15 is 0 Å². The van der Waals surface area contributed by atoms with Crippen molar-refractivity contribution in [3.63, 3.8) is 0 Å². The van der Waals surface area contributed by atoms with Gasteiger partial charge in [0.05, 0.1) is 10.7 Å². The number of halogens is 2. The Labute approximate surface area is 176 Å². The van der Waals surface area contributed by atoms with Crippen molar-refractivity contribution >= 4 is 44.0 Å². The van der Waals surface area contributed by atoms with Gasteiger partial charge in [-0.05, 0) is 57.6 Å². The number of aromatic hydroxyl groups is 1. The molecule has 0 aliphatic heterocycles. The molecular weight excluding hydrogens is 476 g/mol. The second-order valence-corrected chi connectivity index (χ2v) is 8.91. The second kappa shape index (κ2) is 8.89. The summed E-state index contributed by atoms with van der Waals surface area (Å²) in [5.41, 5.74) is 5.09. The van der Waals surface area contributed by atoms with Gasteiger partial charge in [0.2, 0.25) is 0 Å². The van der Waals surface area contributed by atoms with Crippen LogP contribution in [0.1, 0.15) is 37.5 Å². The Morgan fingerprint density at radius 2 is 1.96 bits per heavy atom. The molecule has 0 aliphatic carbocycles. The number of hydrogen-bond acceptors (Lipinski definition) is 4. The Balaban J connectivity index is 1.94. The predicted octanol–water partition coefficient (Wildman–Crippen LogP) is 5.05. The highest BCUT2D eigenvalue weighted by Gasteiger charge is 2.15. The summed E-state index contributed by atoms with van der Waals surface area (Å²) in [4.78, 5) is 11.9. The number of hydrogen-bond donors (Lipinski definition) is 2. The summed E-state index contributed by atoms with van der Waals surface area (Å²) >= 11 is 6.58. The highest BCUT2D eigenvalue weighted by molar-refractivity contribution is 9.11. The van der Waals surface area contributed by atoms with E-state index in [1.165, 1.54) is 11.8 Å². The Kier molecular flexibility index (Phi) is 7.06. The number of ether oxygens (including phenoxy) is 1. The zero-order valence-electron chi connectivity index (χ0n) is 15.6. The zero-order chi connectivity index (χ0) is 20.2. The lowest BCUT2D eigenvalue weighted by Gasteiger charge is -2.20. The van der Waals surface area contributed by atoms with Crippen molar-refractivity contribution in [2.24, 2.45) is 5.10 Å². The molecule has 144 valence electrons. The normalized spacial score (nSPS) is 11.6. The minimum absolute atomic E-state index is 0.0435. The van der Waals surface area contributed by atoms with E-state index < -0.39 is 0 Å². The van der Waals surface area contributed by atoms with Gasteiger partial charge in [-0.2, -0.15) is 5.10 Å². The quantitative estimate of drug-likeness (QED) is 0.448. The van der Waals surface area contributed by atoms with Crippen LogP contribution in [0.3, 0.4) is 0 Å². The van der Waals surface area contributed by atoms with Gasteiger partial charge in [0, 0.05) is 10.0 Å². The van der Waals surface area contributed by atoms with Crippen molar-refractivity contribution in [3.05, 3.63) is 56.0 Å². The van der Waals surface area contributed by atoms with E-state index in [0.717, 1.165) is 10.0 Å². The van der Waals surface area contributed by atoms with Crippen molar-refractivity contribution in [3.8, 4) is 11.5 Å². The number of hydrazone groups is 1. The fraction of sp³-hybridized carbons (Fsp3) is 0.300. The molecule has 0 unspecified atom stereocenters. The molecule has 0 aliphatic rings. The van der Waals surface area contributed by atoms with Gasteiger partial charge in [-0.25, -0.2) is 5.43 Å². The first-order valence-electron chi connectivity index (χ1n) is 8.32. The van der Waals surface area contributed by atoms with Gasteiger partial charge in [0.1, 0.15) is 11.5 Å². The van der Waals surface area contributed by atoms with Crippen LogP contribution in [0.4, 0.5) is 0 Å². The van der Waals surface area contributed by atoms with Crippen LogP contribution in [-0.2, 0) is 10.2 Å². The zero-order valence-corrected chi connectivity index (χ0v) is 18.8. The van der Waals surface area contributed by atoms with Gasteiger partial charge in [-0.3, -0.25) is 4.79 Å². The summed E-state index contributed by atoms with van der Waals surface area (Å²) in [6, 6.07) is 9.36. The molecule has 0 aromatic heterocycles. The maximum Gasteiger partial charge on any atom is 0.277 e. The number of phenols is 1. The summed E-state index contributed by atoms with van der Waals surface area (Å²) in [5, 5.41) is 13.8. The van der Waals surface area contributed by atoms with Gasteiger partial charge in [0.15, 0.2) is 6.61 Å². The van der Waals surface area contributed by atoms with Crippen LogP contribution < -0.4 is 10.2 Å². The average Bonchev–Trinajstić information content (AvgIpc) is 2.57. The number of aryl methyl sites for hydroxylation is 1. The molecule has 0 bridgehead atoms. The van der Waals surface area contributed by atoms with E-state index in [-0.39, 0.29) is 23.7 Å². The number of carbonyl (C=O) groups is 1. The molecule has 0 saturated heterocycles. The SMILES string of the molecule is Cc1cc(C(C)(C)C)ccc1OCC(=O)N/N=C/c1cc(Br)cc(Br)c1O.